The maximum Gasteiger partial charge on any atom is 0.175 e. The molecule has 0 bridgehead atoms. The van der Waals surface area contributed by atoms with E-state index in [9.17, 15) is 0 Å². The molecule has 6 heteroatoms. The van der Waals surface area contributed by atoms with Crippen LogP contribution in [0.3, 0.4) is 0 Å². The van der Waals surface area contributed by atoms with Crippen LogP contribution in [0.25, 0.3) is 0 Å². The van der Waals surface area contributed by atoms with Gasteiger partial charge in [-0.3, -0.25) is 0 Å². The fourth-order valence-electron chi connectivity index (χ4n) is 1.27. The zero-order valence-electron chi connectivity index (χ0n) is 7.10. The van der Waals surface area contributed by atoms with Gasteiger partial charge in [0.25, 0.3) is 0 Å². The van der Waals surface area contributed by atoms with Gasteiger partial charge < -0.3 is 10.6 Å². The standard InChI is InChI=1S/C8H6N6/c1-2-10-6-5(9-1)13-7-8(14-6)12-4-3-11-7/h1-4H,(H,9,11,13)(H,10,12,14). The Kier molecular flexibility index (Phi) is 1.35. The molecule has 0 spiro atoms. The summed E-state index contributed by atoms with van der Waals surface area (Å²) in [5.74, 6) is 2.67. The lowest BCUT2D eigenvalue weighted by Gasteiger charge is -2.17. The molecule has 68 valence electrons. The van der Waals surface area contributed by atoms with Crippen molar-refractivity contribution >= 4 is 23.3 Å². The second-order valence-corrected chi connectivity index (χ2v) is 2.76. The Labute approximate surface area is 79.5 Å². The molecular weight excluding hydrogens is 180 g/mol. The normalized spacial score (nSPS) is 12.0. The average molecular weight is 186 g/mol. The Bertz CT molecular complexity index is 395. The van der Waals surface area contributed by atoms with Crippen LogP contribution in [0.4, 0.5) is 23.3 Å². The summed E-state index contributed by atoms with van der Waals surface area (Å²) in [6.07, 6.45) is 6.48. The number of hydrogen-bond acceptors (Lipinski definition) is 6. The minimum absolute atomic E-state index is 0.667. The zero-order chi connectivity index (χ0) is 9.38. The molecule has 6 nitrogen and oxygen atoms in total. The molecule has 0 radical (unpaired) electrons. The van der Waals surface area contributed by atoms with Gasteiger partial charge in [-0.25, -0.2) is 19.9 Å². The number of aromatic nitrogens is 4. The quantitative estimate of drug-likeness (QED) is 0.547. The van der Waals surface area contributed by atoms with Crippen molar-refractivity contribution in [1.29, 1.82) is 0 Å². The first-order chi connectivity index (χ1) is 6.93. The van der Waals surface area contributed by atoms with Gasteiger partial charge in [-0.2, -0.15) is 0 Å². The van der Waals surface area contributed by atoms with Crippen LogP contribution in [-0.2, 0) is 0 Å². The van der Waals surface area contributed by atoms with Gasteiger partial charge in [-0.05, 0) is 0 Å². The summed E-state index contributed by atoms with van der Waals surface area (Å²) in [6.45, 7) is 0. The monoisotopic (exact) mass is 186 g/mol. The van der Waals surface area contributed by atoms with Crippen molar-refractivity contribution < 1.29 is 0 Å². The fourth-order valence-corrected chi connectivity index (χ4v) is 1.27. The van der Waals surface area contributed by atoms with Crippen LogP contribution in [0.15, 0.2) is 24.8 Å². The van der Waals surface area contributed by atoms with E-state index in [0.29, 0.717) is 23.3 Å². The Balaban J connectivity index is 2.12. The third kappa shape index (κ3) is 0.972. The third-order valence-electron chi connectivity index (χ3n) is 1.87. The molecule has 1 aliphatic heterocycles. The van der Waals surface area contributed by atoms with E-state index in [2.05, 4.69) is 30.6 Å². The van der Waals surface area contributed by atoms with Crippen molar-refractivity contribution in [3.8, 4) is 0 Å². The fraction of sp³-hybridized carbons (Fsp3) is 0. The van der Waals surface area contributed by atoms with Crippen molar-refractivity contribution in [3.63, 3.8) is 0 Å². The van der Waals surface area contributed by atoms with E-state index in [0.717, 1.165) is 0 Å². The van der Waals surface area contributed by atoms with E-state index < -0.39 is 0 Å². The van der Waals surface area contributed by atoms with Gasteiger partial charge in [-0.15, -0.1) is 0 Å². The van der Waals surface area contributed by atoms with Gasteiger partial charge in [0.15, 0.2) is 23.3 Å². The van der Waals surface area contributed by atoms with Gasteiger partial charge in [0.2, 0.25) is 0 Å². The highest BCUT2D eigenvalue weighted by Gasteiger charge is 2.16. The summed E-state index contributed by atoms with van der Waals surface area (Å²) >= 11 is 0. The first kappa shape index (κ1) is 7.19. The van der Waals surface area contributed by atoms with Gasteiger partial charge in [-0.1, -0.05) is 0 Å². The lowest BCUT2D eigenvalue weighted by atomic mass is 10.4. The predicted octanol–water partition coefficient (Wildman–Crippen LogP) is 1.07. The van der Waals surface area contributed by atoms with E-state index in [1.807, 2.05) is 0 Å². The van der Waals surface area contributed by atoms with Gasteiger partial charge in [0.1, 0.15) is 0 Å². The van der Waals surface area contributed by atoms with Crippen LogP contribution in [-0.4, -0.2) is 19.9 Å². The van der Waals surface area contributed by atoms with Crippen LogP contribution < -0.4 is 10.6 Å². The summed E-state index contributed by atoms with van der Waals surface area (Å²) in [4.78, 5) is 16.5. The van der Waals surface area contributed by atoms with E-state index in [1.165, 1.54) is 0 Å². The van der Waals surface area contributed by atoms with Crippen LogP contribution in [0.1, 0.15) is 0 Å². The number of fused-ring (bicyclic) bond motifs is 2. The summed E-state index contributed by atoms with van der Waals surface area (Å²) < 4.78 is 0. The van der Waals surface area contributed by atoms with Gasteiger partial charge >= 0.3 is 0 Å². The number of rotatable bonds is 0. The number of anilines is 4. The van der Waals surface area contributed by atoms with Gasteiger partial charge in [0.05, 0.1) is 0 Å². The highest BCUT2D eigenvalue weighted by molar-refractivity contribution is 5.81. The van der Waals surface area contributed by atoms with Gasteiger partial charge in [0, 0.05) is 24.8 Å². The molecule has 0 aliphatic carbocycles. The third-order valence-corrected chi connectivity index (χ3v) is 1.87. The number of hydrogen-bond donors (Lipinski definition) is 2. The molecular formula is C8H6N6. The molecule has 1 aliphatic rings. The number of nitrogens with zero attached hydrogens (tertiary/aromatic N) is 4. The van der Waals surface area contributed by atoms with Crippen molar-refractivity contribution in [1.82, 2.24) is 19.9 Å². The smallest absolute Gasteiger partial charge is 0.175 e. The highest BCUT2D eigenvalue weighted by Crippen LogP contribution is 2.31. The maximum atomic E-state index is 4.11. The minimum Gasteiger partial charge on any atom is -0.319 e. The Morgan fingerprint density at radius 1 is 0.571 bits per heavy atom. The van der Waals surface area contributed by atoms with E-state index >= 15 is 0 Å². The van der Waals surface area contributed by atoms with Crippen molar-refractivity contribution in [2.24, 2.45) is 0 Å². The molecule has 0 saturated carbocycles. The molecule has 0 amide bonds. The lowest BCUT2D eigenvalue weighted by molar-refractivity contribution is 1.11. The number of nitrogens with one attached hydrogen (secondary N) is 2. The van der Waals surface area contributed by atoms with Crippen LogP contribution >= 0.6 is 0 Å². The molecule has 0 unspecified atom stereocenters. The molecule has 3 heterocycles. The molecule has 2 N–H and O–H groups in total. The summed E-state index contributed by atoms with van der Waals surface area (Å²) in [7, 11) is 0. The van der Waals surface area contributed by atoms with Crippen molar-refractivity contribution in [2.45, 2.75) is 0 Å². The van der Waals surface area contributed by atoms with Crippen LogP contribution in [0, 0.1) is 0 Å². The molecule has 0 atom stereocenters. The summed E-state index contributed by atoms with van der Waals surface area (Å²) in [6, 6.07) is 0. The maximum absolute atomic E-state index is 4.11. The molecule has 2 aromatic heterocycles. The first-order valence-corrected chi connectivity index (χ1v) is 4.09. The minimum atomic E-state index is 0.667. The first-order valence-electron chi connectivity index (χ1n) is 4.09. The van der Waals surface area contributed by atoms with Crippen molar-refractivity contribution in [3.05, 3.63) is 24.8 Å². The molecule has 3 rings (SSSR count). The molecule has 0 fully saturated rings. The van der Waals surface area contributed by atoms with Crippen molar-refractivity contribution in [2.75, 3.05) is 10.6 Å². The predicted molar refractivity (Wildman–Crippen MR) is 50.6 cm³/mol. The SMILES string of the molecule is c1cnc2c(n1)Nc1nccnc1N2. The van der Waals surface area contributed by atoms with Crippen LogP contribution in [0.2, 0.25) is 0 Å². The topological polar surface area (TPSA) is 75.6 Å². The second-order valence-electron chi connectivity index (χ2n) is 2.76. The largest absolute Gasteiger partial charge is 0.319 e. The van der Waals surface area contributed by atoms with E-state index in [1.54, 1.807) is 24.8 Å². The second kappa shape index (κ2) is 2.63. The average Bonchev–Trinajstić information content (AvgIpc) is 2.26. The van der Waals surface area contributed by atoms with E-state index in [-0.39, 0.29) is 0 Å². The lowest BCUT2D eigenvalue weighted by Crippen LogP contribution is -2.11. The highest BCUT2D eigenvalue weighted by atomic mass is 15.2. The molecule has 2 aromatic rings. The van der Waals surface area contributed by atoms with Crippen LogP contribution in [0.5, 0.6) is 0 Å². The Morgan fingerprint density at radius 3 is 1.14 bits per heavy atom. The zero-order valence-corrected chi connectivity index (χ0v) is 7.10. The molecule has 0 saturated heterocycles. The van der Waals surface area contributed by atoms with E-state index in [4.69, 9.17) is 0 Å². The summed E-state index contributed by atoms with van der Waals surface area (Å²) in [5.41, 5.74) is 0. The molecule has 14 heavy (non-hydrogen) atoms. The Hall–Kier alpha value is -2.24. The Morgan fingerprint density at radius 2 is 0.857 bits per heavy atom. The summed E-state index contributed by atoms with van der Waals surface area (Å²) in [5, 5.41) is 6.06. The molecule has 0 aromatic carbocycles.